The predicted octanol–water partition coefficient (Wildman–Crippen LogP) is 6.46. The molecule has 184 valence electrons. The van der Waals surface area contributed by atoms with Crippen LogP contribution in [0, 0.1) is 11.6 Å². The summed E-state index contributed by atoms with van der Waals surface area (Å²) in [5, 5.41) is 1.78. The molecule has 0 spiro atoms. The molecular formula is C23H13F8NO3. The lowest BCUT2D eigenvalue weighted by Crippen LogP contribution is -2.22. The van der Waals surface area contributed by atoms with Gasteiger partial charge in [0.25, 0.3) is 5.91 Å². The fourth-order valence-corrected chi connectivity index (χ4v) is 2.94. The van der Waals surface area contributed by atoms with Crippen molar-refractivity contribution in [2.24, 2.45) is 0 Å². The molecule has 0 radical (unpaired) electrons. The predicted molar refractivity (Wildman–Crippen MR) is 107 cm³/mol. The number of halogens is 8. The Labute approximate surface area is 192 Å². The van der Waals surface area contributed by atoms with Crippen molar-refractivity contribution in [2.75, 3.05) is 11.9 Å². The molecular weight excluding hydrogens is 490 g/mol. The standard InChI is InChI=1S/C23H13F8NO3/c24-16-4-1-12(2-5-16)13-3-6-18(19(25)7-13)21(34)35-11-20(33)32-17-9-14(22(26,27)28)8-15(10-17)23(29,30)31/h1-10H,11H2,(H,32,33). The van der Waals surface area contributed by atoms with E-state index in [1.165, 1.54) is 18.2 Å². The molecule has 35 heavy (non-hydrogen) atoms. The first-order valence-corrected chi connectivity index (χ1v) is 9.56. The van der Waals surface area contributed by atoms with Gasteiger partial charge in [-0.05, 0) is 53.6 Å². The average Bonchev–Trinajstić information content (AvgIpc) is 2.76. The maximum Gasteiger partial charge on any atom is 0.416 e. The number of carbonyl (C=O) groups excluding carboxylic acids is 2. The van der Waals surface area contributed by atoms with Crippen LogP contribution in [0.2, 0.25) is 0 Å². The minimum atomic E-state index is -5.12. The molecule has 4 nitrogen and oxygen atoms in total. The normalized spacial score (nSPS) is 11.8. The van der Waals surface area contributed by atoms with Crippen LogP contribution in [0.15, 0.2) is 60.7 Å². The zero-order chi connectivity index (χ0) is 26.0. The van der Waals surface area contributed by atoms with Gasteiger partial charge in [0, 0.05) is 5.69 Å². The third-order valence-electron chi connectivity index (χ3n) is 4.57. The van der Waals surface area contributed by atoms with E-state index in [4.69, 9.17) is 0 Å². The lowest BCUT2D eigenvalue weighted by molar-refractivity contribution is -0.143. The summed E-state index contributed by atoms with van der Waals surface area (Å²) < 4.78 is 109. The van der Waals surface area contributed by atoms with Crippen LogP contribution in [0.3, 0.4) is 0 Å². The number of hydrogen-bond donors (Lipinski definition) is 1. The number of ether oxygens (including phenoxy) is 1. The number of amides is 1. The molecule has 0 saturated carbocycles. The van der Waals surface area contributed by atoms with Gasteiger partial charge in [-0.3, -0.25) is 4.79 Å². The van der Waals surface area contributed by atoms with Gasteiger partial charge in [-0.15, -0.1) is 0 Å². The Morgan fingerprint density at radius 1 is 0.743 bits per heavy atom. The molecule has 3 aromatic carbocycles. The van der Waals surface area contributed by atoms with Crippen LogP contribution in [-0.2, 0) is 21.9 Å². The average molecular weight is 503 g/mol. The smallest absolute Gasteiger partial charge is 0.416 e. The largest absolute Gasteiger partial charge is 0.452 e. The Bertz CT molecular complexity index is 1220. The Balaban J connectivity index is 1.69. The molecule has 0 unspecified atom stereocenters. The Morgan fingerprint density at radius 2 is 1.29 bits per heavy atom. The fourth-order valence-electron chi connectivity index (χ4n) is 2.94. The van der Waals surface area contributed by atoms with Gasteiger partial charge in [0.15, 0.2) is 6.61 Å². The van der Waals surface area contributed by atoms with E-state index < -0.39 is 64.8 Å². The quantitative estimate of drug-likeness (QED) is 0.321. The van der Waals surface area contributed by atoms with Crippen LogP contribution >= 0.6 is 0 Å². The van der Waals surface area contributed by atoms with Crippen molar-refractivity contribution in [1.29, 1.82) is 0 Å². The van der Waals surface area contributed by atoms with Gasteiger partial charge in [0.05, 0.1) is 16.7 Å². The summed E-state index contributed by atoms with van der Waals surface area (Å²) in [5.74, 6) is -4.10. The van der Waals surface area contributed by atoms with Crippen LogP contribution in [0.25, 0.3) is 11.1 Å². The molecule has 0 fully saturated rings. The lowest BCUT2D eigenvalue weighted by atomic mass is 10.0. The Kier molecular flexibility index (Phi) is 7.13. The minimum Gasteiger partial charge on any atom is -0.452 e. The molecule has 1 N–H and O–H groups in total. The van der Waals surface area contributed by atoms with Crippen molar-refractivity contribution in [2.45, 2.75) is 12.4 Å². The molecule has 0 aliphatic rings. The van der Waals surface area contributed by atoms with E-state index in [-0.39, 0.29) is 18.2 Å². The summed E-state index contributed by atoms with van der Waals surface area (Å²) in [5.41, 5.74) is -3.96. The molecule has 3 rings (SSSR count). The van der Waals surface area contributed by atoms with Crippen LogP contribution in [0.5, 0.6) is 0 Å². The summed E-state index contributed by atoms with van der Waals surface area (Å²) in [6, 6.07) is 8.83. The van der Waals surface area contributed by atoms with Gasteiger partial charge < -0.3 is 10.1 Å². The van der Waals surface area contributed by atoms with Gasteiger partial charge in [-0.1, -0.05) is 18.2 Å². The molecule has 0 atom stereocenters. The first-order valence-electron chi connectivity index (χ1n) is 9.56. The molecule has 0 saturated heterocycles. The molecule has 0 aliphatic heterocycles. The highest BCUT2D eigenvalue weighted by molar-refractivity contribution is 5.96. The number of hydrogen-bond acceptors (Lipinski definition) is 3. The summed E-state index contributed by atoms with van der Waals surface area (Å²) in [4.78, 5) is 24.0. The van der Waals surface area contributed by atoms with Crippen molar-refractivity contribution in [3.8, 4) is 11.1 Å². The van der Waals surface area contributed by atoms with Crippen molar-refractivity contribution in [3.63, 3.8) is 0 Å². The highest BCUT2D eigenvalue weighted by Gasteiger charge is 2.37. The highest BCUT2D eigenvalue weighted by Crippen LogP contribution is 2.37. The van der Waals surface area contributed by atoms with E-state index in [1.807, 2.05) is 0 Å². The van der Waals surface area contributed by atoms with Crippen LogP contribution < -0.4 is 5.32 Å². The lowest BCUT2D eigenvalue weighted by Gasteiger charge is -2.15. The molecule has 0 aliphatic carbocycles. The molecule has 12 heteroatoms. The van der Waals surface area contributed by atoms with Crippen molar-refractivity contribution in [3.05, 3.63) is 89.0 Å². The van der Waals surface area contributed by atoms with E-state index >= 15 is 0 Å². The number of alkyl halides is 6. The van der Waals surface area contributed by atoms with Crippen molar-refractivity contribution < 1.29 is 49.4 Å². The number of esters is 1. The molecule has 0 heterocycles. The molecule has 0 bridgehead atoms. The summed E-state index contributed by atoms with van der Waals surface area (Å²) >= 11 is 0. The second-order valence-electron chi connectivity index (χ2n) is 7.12. The van der Waals surface area contributed by atoms with E-state index in [2.05, 4.69) is 4.74 Å². The third kappa shape index (κ3) is 6.55. The van der Waals surface area contributed by atoms with Gasteiger partial charge >= 0.3 is 18.3 Å². The zero-order valence-electron chi connectivity index (χ0n) is 17.2. The van der Waals surface area contributed by atoms with E-state index in [0.717, 1.165) is 24.3 Å². The van der Waals surface area contributed by atoms with E-state index in [0.29, 0.717) is 11.1 Å². The summed E-state index contributed by atoms with van der Waals surface area (Å²) in [6.07, 6.45) is -10.2. The van der Waals surface area contributed by atoms with Crippen LogP contribution in [0.1, 0.15) is 21.5 Å². The van der Waals surface area contributed by atoms with Gasteiger partial charge in [-0.2, -0.15) is 26.3 Å². The topological polar surface area (TPSA) is 55.4 Å². The number of carbonyl (C=O) groups is 2. The Morgan fingerprint density at radius 3 is 1.80 bits per heavy atom. The molecule has 1 amide bonds. The van der Waals surface area contributed by atoms with Crippen LogP contribution in [-0.4, -0.2) is 18.5 Å². The first kappa shape index (κ1) is 25.7. The van der Waals surface area contributed by atoms with Crippen molar-refractivity contribution >= 4 is 17.6 Å². The Hall–Kier alpha value is -3.96. The molecule has 3 aromatic rings. The maximum absolute atomic E-state index is 14.4. The number of nitrogens with one attached hydrogen (secondary N) is 1. The summed E-state index contributed by atoms with van der Waals surface area (Å²) in [6.45, 7) is -1.12. The number of anilines is 1. The number of rotatable bonds is 5. The first-order chi connectivity index (χ1) is 16.2. The second-order valence-corrected chi connectivity index (χ2v) is 7.12. The van der Waals surface area contributed by atoms with Gasteiger partial charge in [0.1, 0.15) is 11.6 Å². The zero-order valence-corrected chi connectivity index (χ0v) is 17.2. The van der Waals surface area contributed by atoms with Gasteiger partial charge in [-0.25, -0.2) is 13.6 Å². The van der Waals surface area contributed by atoms with E-state index in [1.54, 1.807) is 5.32 Å². The summed E-state index contributed by atoms with van der Waals surface area (Å²) in [7, 11) is 0. The SMILES string of the molecule is O=C(COC(=O)c1ccc(-c2ccc(F)cc2)cc1F)Nc1cc(C(F)(F)F)cc(C(F)(F)F)c1. The minimum absolute atomic E-state index is 0.117. The van der Waals surface area contributed by atoms with E-state index in [9.17, 15) is 44.7 Å². The van der Waals surface area contributed by atoms with Crippen LogP contribution in [0.4, 0.5) is 40.8 Å². The fraction of sp³-hybridized carbons (Fsp3) is 0.130. The van der Waals surface area contributed by atoms with Gasteiger partial charge in [0.2, 0.25) is 0 Å². The van der Waals surface area contributed by atoms with Crippen molar-refractivity contribution in [1.82, 2.24) is 0 Å². The monoisotopic (exact) mass is 503 g/mol. The third-order valence-corrected chi connectivity index (χ3v) is 4.57. The second kappa shape index (κ2) is 9.72. The highest BCUT2D eigenvalue weighted by atomic mass is 19.4. The maximum atomic E-state index is 14.4. The number of benzene rings is 3. The molecule has 0 aromatic heterocycles.